The first-order valence-corrected chi connectivity index (χ1v) is 9.21. The van der Waals surface area contributed by atoms with Crippen LogP contribution >= 0.6 is 0 Å². The van der Waals surface area contributed by atoms with Gasteiger partial charge in [-0.3, -0.25) is 9.79 Å². The van der Waals surface area contributed by atoms with E-state index in [1.54, 1.807) is 19.1 Å². The van der Waals surface area contributed by atoms with Crippen LogP contribution < -0.4 is 5.73 Å². The van der Waals surface area contributed by atoms with Gasteiger partial charge in [0.15, 0.2) is 5.78 Å². The molecule has 0 radical (unpaired) electrons. The average Bonchev–Trinajstić information content (AvgIpc) is 2.61. The van der Waals surface area contributed by atoms with Gasteiger partial charge in [-0.25, -0.2) is 13.2 Å². The molecule has 28 heavy (non-hydrogen) atoms. The van der Waals surface area contributed by atoms with Crippen molar-refractivity contribution >= 4 is 11.6 Å². The van der Waals surface area contributed by atoms with Crippen LogP contribution in [0, 0.1) is 11.7 Å². The lowest BCUT2D eigenvalue weighted by molar-refractivity contribution is -0.124. The maximum absolute atomic E-state index is 13.9. The van der Waals surface area contributed by atoms with Gasteiger partial charge in [0.1, 0.15) is 11.7 Å². The number of Topliss-reactive ketones (excluding diaryl/α,β-unsaturated/α-hetero) is 1. The van der Waals surface area contributed by atoms with E-state index in [4.69, 9.17) is 5.73 Å². The molecule has 3 rings (SSSR count). The van der Waals surface area contributed by atoms with Gasteiger partial charge >= 0.3 is 0 Å². The molecule has 0 aromatic heterocycles. The van der Waals surface area contributed by atoms with Crippen LogP contribution in [-0.2, 0) is 16.3 Å². The van der Waals surface area contributed by atoms with Crippen molar-refractivity contribution in [1.82, 2.24) is 0 Å². The fourth-order valence-corrected chi connectivity index (χ4v) is 3.94. The molecule has 3 nitrogen and oxygen atoms in total. The number of hydrogen-bond acceptors (Lipinski definition) is 3. The molecule has 0 saturated heterocycles. The van der Waals surface area contributed by atoms with Gasteiger partial charge in [-0.05, 0) is 36.6 Å². The van der Waals surface area contributed by atoms with Crippen LogP contribution in [0.25, 0.3) is 0 Å². The number of rotatable bonds is 4. The van der Waals surface area contributed by atoms with E-state index in [1.807, 2.05) is 6.92 Å². The van der Waals surface area contributed by atoms with Crippen molar-refractivity contribution in [2.75, 3.05) is 0 Å². The molecule has 1 aliphatic heterocycles. The number of carbonyl (C=O) groups excluding carboxylic acids is 1. The van der Waals surface area contributed by atoms with E-state index >= 15 is 0 Å². The van der Waals surface area contributed by atoms with Crippen molar-refractivity contribution in [3.63, 3.8) is 0 Å². The summed E-state index contributed by atoms with van der Waals surface area (Å²) < 4.78 is 41.1. The average molecular weight is 388 g/mol. The van der Waals surface area contributed by atoms with E-state index in [0.717, 1.165) is 6.92 Å². The van der Waals surface area contributed by atoms with Gasteiger partial charge < -0.3 is 5.73 Å². The Balaban J connectivity index is 2.18. The molecule has 3 atom stereocenters. The molecule has 0 spiro atoms. The summed E-state index contributed by atoms with van der Waals surface area (Å²) in [5, 5.41) is 0. The lowest BCUT2D eigenvalue weighted by atomic mass is 9.68. The van der Waals surface area contributed by atoms with E-state index in [9.17, 15) is 18.0 Å². The molecule has 148 valence electrons. The molecule has 0 fully saturated rings. The number of alkyl halides is 2. The number of benzene rings is 2. The van der Waals surface area contributed by atoms with Crippen molar-refractivity contribution in [3.8, 4) is 0 Å². The molecule has 0 bridgehead atoms. The number of nitrogens with zero attached hydrogens (tertiary/aromatic N) is 1. The molecule has 2 aromatic rings. The topological polar surface area (TPSA) is 55.5 Å². The second-order valence-corrected chi connectivity index (χ2v) is 7.50. The third-order valence-electron chi connectivity index (χ3n) is 5.48. The Bertz CT molecular complexity index is 918. The summed E-state index contributed by atoms with van der Waals surface area (Å²) in [6.07, 6.45) is 0.481. The lowest BCUT2D eigenvalue weighted by Crippen LogP contribution is -2.47. The Morgan fingerprint density at radius 3 is 2.36 bits per heavy atom. The molecule has 0 aliphatic carbocycles. The maximum atomic E-state index is 13.9. The van der Waals surface area contributed by atoms with Crippen LogP contribution in [0.3, 0.4) is 0 Å². The van der Waals surface area contributed by atoms with Gasteiger partial charge in [0, 0.05) is 12.5 Å². The number of carbonyl (C=O) groups is 1. The standard InChI is InChI=1S/C22H23F3N2O/c1-4-17-19(28)18(13-8-10-14(11-9-13)22(3,24)25)21(2,27-20(17)26)15-6-5-7-16(23)12-15/h5-12,17-18H,4H2,1-3H3,(H2,26,27)/t17-,18+,21-/m1/s1. The van der Waals surface area contributed by atoms with Gasteiger partial charge in [-0.2, -0.15) is 0 Å². The molecular formula is C22H23F3N2O. The highest BCUT2D eigenvalue weighted by Crippen LogP contribution is 2.46. The van der Waals surface area contributed by atoms with Gasteiger partial charge in [0.25, 0.3) is 5.92 Å². The number of ketones is 1. The number of aliphatic imine (C=N–C) groups is 1. The molecular weight excluding hydrogens is 365 g/mol. The zero-order valence-electron chi connectivity index (χ0n) is 16.0. The van der Waals surface area contributed by atoms with Gasteiger partial charge in [-0.15, -0.1) is 0 Å². The minimum absolute atomic E-state index is 0.137. The summed E-state index contributed by atoms with van der Waals surface area (Å²) in [5.41, 5.74) is 5.88. The maximum Gasteiger partial charge on any atom is 0.270 e. The highest BCUT2D eigenvalue weighted by molar-refractivity contribution is 6.08. The zero-order valence-corrected chi connectivity index (χ0v) is 16.0. The molecule has 0 amide bonds. The normalized spacial score (nSPS) is 25.5. The number of nitrogens with two attached hydrogens (primary N) is 1. The summed E-state index contributed by atoms with van der Waals surface area (Å²) in [6, 6.07) is 11.6. The van der Waals surface area contributed by atoms with Crippen LogP contribution in [0.4, 0.5) is 13.2 Å². The second kappa shape index (κ2) is 7.08. The summed E-state index contributed by atoms with van der Waals surface area (Å²) >= 11 is 0. The second-order valence-electron chi connectivity index (χ2n) is 7.50. The first-order chi connectivity index (χ1) is 13.1. The Morgan fingerprint density at radius 2 is 1.82 bits per heavy atom. The largest absolute Gasteiger partial charge is 0.387 e. The van der Waals surface area contributed by atoms with Crippen molar-refractivity contribution in [3.05, 3.63) is 71.0 Å². The van der Waals surface area contributed by atoms with Crippen molar-refractivity contribution in [2.45, 2.75) is 44.6 Å². The molecule has 0 unspecified atom stereocenters. The van der Waals surface area contributed by atoms with E-state index in [1.165, 1.54) is 36.4 Å². The first kappa shape index (κ1) is 20.1. The van der Waals surface area contributed by atoms with Gasteiger partial charge in [0.05, 0.1) is 17.4 Å². The minimum atomic E-state index is -2.98. The van der Waals surface area contributed by atoms with Crippen LogP contribution in [0.15, 0.2) is 53.5 Å². The van der Waals surface area contributed by atoms with Crippen LogP contribution in [0.5, 0.6) is 0 Å². The lowest BCUT2D eigenvalue weighted by Gasteiger charge is -2.40. The van der Waals surface area contributed by atoms with E-state index in [-0.39, 0.29) is 17.2 Å². The smallest absolute Gasteiger partial charge is 0.270 e. The molecule has 2 N–H and O–H groups in total. The predicted octanol–water partition coefficient (Wildman–Crippen LogP) is 4.90. The molecule has 0 saturated carbocycles. The van der Waals surface area contributed by atoms with Crippen LogP contribution in [0.1, 0.15) is 49.8 Å². The van der Waals surface area contributed by atoms with Gasteiger partial charge in [-0.1, -0.05) is 43.3 Å². The molecule has 1 aliphatic rings. The quantitative estimate of drug-likeness (QED) is 0.810. The molecule has 2 aromatic carbocycles. The Kier molecular flexibility index (Phi) is 5.08. The Morgan fingerprint density at radius 1 is 1.18 bits per heavy atom. The van der Waals surface area contributed by atoms with E-state index < -0.39 is 29.1 Å². The van der Waals surface area contributed by atoms with Gasteiger partial charge in [0.2, 0.25) is 0 Å². The zero-order chi connectivity index (χ0) is 20.7. The van der Waals surface area contributed by atoms with Crippen molar-refractivity contribution in [1.29, 1.82) is 0 Å². The predicted molar refractivity (Wildman–Crippen MR) is 103 cm³/mol. The Hall–Kier alpha value is -2.63. The highest BCUT2D eigenvalue weighted by atomic mass is 19.3. The minimum Gasteiger partial charge on any atom is -0.387 e. The third-order valence-corrected chi connectivity index (χ3v) is 5.48. The number of amidine groups is 1. The Labute approximate surface area is 162 Å². The van der Waals surface area contributed by atoms with Crippen molar-refractivity contribution in [2.24, 2.45) is 16.6 Å². The van der Waals surface area contributed by atoms with Crippen LogP contribution in [-0.4, -0.2) is 11.6 Å². The van der Waals surface area contributed by atoms with E-state index in [2.05, 4.69) is 4.99 Å². The monoisotopic (exact) mass is 388 g/mol. The summed E-state index contributed by atoms with van der Waals surface area (Å²) in [4.78, 5) is 17.9. The summed E-state index contributed by atoms with van der Waals surface area (Å²) in [7, 11) is 0. The summed E-state index contributed by atoms with van der Waals surface area (Å²) in [6.45, 7) is 4.39. The van der Waals surface area contributed by atoms with Crippen molar-refractivity contribution < 1.29 is 18.0 Å². The fraction of sp³-hybridized carbons (Fsp3) is 0.364. The molecule has 1 heterocycles. The highest BCUT2D eigenvalue weighted by Gasteiger charge is 2.48. The van der Waals surface area contributed by atoms with E-state index in [0.29, 0.717) is 17.5 Å². The third kappa shape index (κ3) is 3.43. The van der Waals surface area contributed by atoms with Crippen LogP contribution in [0.2, 0.25) is 0 Å². The SMILES string of the molecule is CC[C@@H]1C(=O)[C@H](c2ccc(C(C)(F)F)cc2)[C@@](C)(c2cccc(F)c2)N=C1N. The fourth-order valence-electron chi connectivity index (χ4n) is 3.94. The first-order valence-electron chi connectivity index (χ1n) is 9.21. The number of halogens is 3. The molecule has 6 heteroatoms. The summed E-state index contributed by atoms with van der Waals surface area (Å²) in [5.74, 6) is -4.66. The number of hydrogen-bond donors (Lipinski definition) is 1.